The lowest BCUT2D eigenvalue weighted by molar-refractivity contribution is -0.151. The van der Waals surface area contributed by atoms with E-state index < -0.39 is 29.1 Å². The number of dihydropyridines is 1. The number of ether oxygens (including phenoxy) is 2. The van der Waals surface area contributed by atoms with Gasteiger partial charge in [-0.1, -0.05) is 6.08 Å². The Bertz CT molecular complexity index is 562. The Morgan fingerprint density at radius 1 is 0.917 bits per heavy atom. The minimum Gasteiger partial charge on any atom is -0.457 e. The summed E-state index contributed by atoms with van der Waals surface area (Å²) in [5.74, 6) is -1.51. The predicted molar refractivity (Wildman–Crippen MR) is 93.9 cm³/mol. The average Bonchev–Trinajstić information content (AvgIpc) is 2.32. The van der Waals surface area contributed by atoms with Crippen LogP contribution in [-0.2, 0) is 19.1 Å². The summed E-state index contributed by atoms with van der Waals surface area (Å²) < 4.78 is 11.0. The highest BCUT2D eigenvalue weighted by Crippen LogP contribution is 2.33. The number of carbonyl (C=O) groups excluding carboxylic acids is 2. The molecule has 1 heterocycles. The first-order valence-electron chi connectivity index (χ1n) is 8.04. The van der Waals surface area contributed by atoms with E-state index in [1.54, 1.807) is 61.5 Å². The Morgan fingerprint density at radius 3 is 1.50 bits per heavy atom. The Kier molecular flexibility index (Phi) is 5.70. The van der Waals surface area contributed by atoms with E-state index in [0.717, 1.165) is 0 Å². The van der Waals surface area contributed by atoms with Crippen molar-refractivity contribution in [1.29, 1.82) is 0 Å². The van der Waals surface area contributed by atoms with Crippen LogP contribution in [0.5, 0.6) is 0 Å². The van der Waals surface area contributed by atoms with Gasteiger partial charge in [-0.2, -0.15) is 0 Å². The van der Waals surface area contributed by atoms with E-state index in [-0.39, 0.29) is 0 Å². The standard InChI is InChI=1S/C19H29NO4/c1-10-13-14(16(21)23-18(4,5)6)11(2)20-12(3)15(13)17(22)24-19(7,8)9/h10,13,20H,1H2,2-9H3. The third-order valence-corrected chi connectivity index (χ3v) is 3.28. The van der Waals surface area contributed by atoms with E-state index in [4.69, 9.17) is 9.47 Å². The molecule has 0 radical (unpaired) electrons. The van der Waals surface area contributed by atoms with Crippen molar-refractivity contribution in [2.45, 2.75) is 66.6 Å². The molecule has 1 aliphatic rings. The fraction of sp³-hybridized carbons (Fsp3) is 0.579. The molecule has 0 amide bonds. The van der Waals surface area contributed by atoms with Gasteiger partial charge in [0.15, 0.2) is 0 Å². The predicted octanol–water partition coefficient (Wildman–Crippen LogP) is 3.62. The first kappa shape index (κ1) is 20.0. The molecule has 0 atom stereocenters. The van der Waals surface area contributed by atoms with Crippen LogP contribution in [0.1, 0.15) is 55.4 Å². The minimum atomic E-state index is -0.627. The summed E-state index contributed by atoms with van der Waals surface area (Å²) in [6, 6.07) is 0. The van der Waals surface area contributed by atoms with Crippen molar-refractivity contribution in [2.75, 3.05) is 0 Å². The van der Waals surface area contributed by atoms with Gasteiger partial charge in [0.05, 0.1) is 11.1 Å². The van der Waals surface area contributed by atoms with Gasteiger partial charge < -0.3 is 14.8 Å². The molecule has 1 N–H and O–H groups in total. The highest BCUT2D eigenvalue weighted by atomic mass is 16.6. The van der Waals surface area contributed by atoms with Crippen LogP contribution >= 0.6 is 0 Å². The topological polar surface area (TPSA) is 64.6 Å². The number of carbonyl (C=O) groups is 2. The molecule has 0 saturated heterocycles. The van der Waals surface area contributed by atoms with Gasteiger partial charge in [-0.05, 0) is 55.4 Å². The lowest BCUT2D eigenvalue weighted by atomic mass is 9.85. The Balaban J connectivity index is 3.25. The molecule has 134 valence electrons. The van der Waals surface area contributed by atoms with Crippen molar-refractivity contribution >= 4 is 11.9 Å². The van der Waals surface area contributed by atoms with Gasteiger partial charge in [0.1, 0.15) is 11.2 Å². The average molecular weight is 335 g/mol. The van der Waals surface area contributed by atoms with E-state index in [0.29, 0.717) is 22.5 Å². The summed E-state index contributed by atoms with van der Waals surface area (Å²) in [6.07, 6.45) is 1.58. The summed E-state index contributed by atoms with van der Waals surface area (Å²) in [7, 11) is 0. The van der Waals surface area contributed by atoms with Crippen LogP contribution in [0.4, 0.5) is 0 Å². The molecule has 0 saturated carbocycles. The van der Waals surface area contributed by atoms with Crippen molar-refractivity contribution in [3.63, 3.8) is 0 Å². The zero-order chi connectivity index (χ0) is 18.9. The van der Waals surface area contributed by atoms with E-state index in [1.807, 2.05) is 0 Å². The van der Waals surface area contributed by atoms with Crippen LogP contribution in [0.15, 0.2) is 35.2 Å². The highest BCUT2D eigenvalue weighted by Gasteiger charge is 2.37. The molecule has 0 aromatic rings. The second kappa shape index (κ2) is 6.83. The molecule has 0 aromatic carbocycles. The zero-order valence-corrected chi connectivity index (χ0v) is 16.0. The van der Waals surface area contributed by atoms with Crippen molar-refractivity contribution in [3.05, 3.63) is 35.2 Å². The Morgan fingerprint density at radius 2 is 1.25 bits per heavy atom. The highest BCUT2D eigenvalue weighted by molar-refractivity contribution is 5.98. The zero-order valence-electron chi connectivity index (χ0n) is 16.0. The molecule has 0 bridgehead atoms. The molecule has 0 fully saturated rings. The normalized spacial score (nSPS) is 16.7. The van der Waals surface area contributed by atoms with E-state index >= 15 is 0 Å². The maximum atomic E-state index is 12.6. The molecule has 5 heteroatoms. The monoisotopic (exact) mass is 335 g/mol. The van der Waals surface area contributed by atoms with Gasteiger partial charge in [-0.3, -0.25) is 0 Å². The molecule has 1 rings (SSSR count). The number of esters is 2. The summed E-state index contributed by atoms with van der Waals surface area (Å²) >= 11 is 0. The second-order valence-electron chi connectivity index (χ2n) is 7.92. The van der Waals surface area contributed by atoms with Crippen LogP contribution in [0.3, 0.4) is 0 Å². The first-order chi connectivity index (χ1) is 10.8. The van der Waals surface area contributed by atoms with Crippen LogP contribution in [0.2, 0.25) is 0 Å². The molecule has 5 nitrogen and oxygen atoms in total. The van der Waals surface area contributed by atoms with E-state index in [9.17, 15) is 9.59 Å². The Hall–Kier alpha value is -2.04. The molecule has 24 heavy (non-hydrogen) atoms. The van der Waals surface area contributed by atoms with Crippen molar-refractivity contribution in [3.8, 4) is 0 Å². The minimum absolute atomic E-state index is 0.381. The fourth-order valence-corrected chi connectivity index (χ4v) is 2.49. The first-order valence-corrected chi connectivity index (χ1v) is 8.04. The number of nitrogens with one attached hydrogen (secondary N) is 1. The number of allylic oxidation sites excluding steroid dienone is 3. The third-order valence-electron chi connectivity index (χ3n) is 3.28. The maximum Gasteiger partial charge on any atom is 0.337 e. The summed E-state index contributed by atoms with van der Waals surface area (Å²) in [6.45, 7) is 18.2. The summed E-state index contributed by atoms with van der Waals surface area (Å²) in [5.41, 5.74) is 0.812. The largest absolute Gasteiger partial charge is 0.457 e. The van der Waals surface area contributed by atoms with Gasteiger partial charge in [0, 0.05) is 17.3 Å². The lowest BCUT2D eigenvalue weighted by Gasteiger charge is -2.31. The summed E-state index contributed by atoms with van der Waals surface area (Å²) in [4.78, 5) is 25.2. The SMILES string of the molecule is C=CC1C(C(=O)OC(C)(C)C)=C(C)NC(C)=C1C(=O)OC(C)(C)C. The van der Waals surface area contributed by atoms with Crippen molar-refractivity contribution in [2.24, 2.45) is 5.92 Å². The molecular weight excluding hydrogens is 306 g/mol. The van der Waals surface area contributed by atoms with Crippen LogP contribution in [0, 0.1) is 5.92 Å². The van der Waals surface area contributed by atoms with E-state index in [2.05, 4.69) is 11.9 Å². The van der Waals surface area contributed by atoms with Crippen molar-refractivity contribution < 1.29 is 19.1 Å². The van der Waals surface area contributed by atoms with Crippen molar-refractivity contribution in [1.82, 2.24) is 5.32 Å². The number of hydrogen-bond donors (Lipinski definition) is 1. The lowest BCUT2D eigenvalue weighted by Crippen LogP contribution is -2.36. The van der Waals surface area contributed by atoms with Gasteiger partial charge in [-0.25, -0.2) is 9.59 Å². The molecule has 0 aliphatic carbocycles. The van der Waals surface area contributed by atoms with Crippen LogP contribution in [0.25, 0.3) is 0 Å². The van der Waals surface area contributed by atoms with Crippen LogP contribution in [-0.4, -0.2) is 23.1 Å². The maximum absolute atomic E-state index is 12.6. The summed E-state index contributed by atoms with van der Waals surface area (Å²) in [5, 5.41) is 3.09. The van der Waals surface area contributed by atoms with Gasteiger partial charge in [-0.15, -0.1) is 6.58 Å². The third kappa shape index (κ3) is 4.98. The fourth-order valence-electron chi connectivity index (χ4n) is 2.49. The van der Waals surface area contributed by atoms with Gasteiger partial charge >= 0.3 is 11.9 Å². The Labute approximate surface area is 144 Å². The van der Waals surface area contributed by atoms with Gasteiger partial charge in [0.25, 0.3) is 0 Å². The molecule has 0 spiro atoms. The van der Waals surface area contributed by atoms with Gasteiger partial charge in [0.2, 0.25) is 0 Å². The number of hydrogen-bond acceptors (Lipinski definition) is 5. The molecule has 1 aliphatic heterocycles. The van der Waals surface area contributed by atoms with Crippen LogP contribution < -0.4 is 5.32 Å². The van der Waals surface area contributed by atoms with E-state index in [1.165, 1.54) is 0 Å². The number of rotatable bonds is 3. The second-order valence-corrected chi connectivity index (χ2v) is 7.92. The molecule has 0 unspecified atom stereocenters. The molecule has 0 aromatic heterocycles. The molecular formula is C19H29NO4. The quantitative estimate of drug-likeness (QED) is 0.630. The smallest absolute Gasteiger partial charge is 0.337 e.